The number of non-ortho nitro benzene ring substituents is 1. The Kier molecular flexibility index (Phi) is 5.02. The molecule has 0 radical (unpaired) electrons. The van der Waals surface area contributed by atoms with E-state index >= 15 is 0 Å². The standard InChI is InChI=1S/C18H19ClN2O3/c1-20-10-8-16(9-11-20)24-15-5-2-13(3-6-15)17-7-4-14(21(22)23)12-18(17)19/h2-7,12,16H,8-11H2,1H3. The van der Waals surface area contributed by atoms with Gasteiger partial charge in [0.2, 0.25) is 0 Å². The van der Waals surface area contributed by atoms with Gasteiger partial charge in [-0.25, -0.2) is 0 Å². The second-order valence-corrected chi connectivity index (χ2v) is 6.47. The molecular weight excluding hydrogens is 328 g/mol. The molecule has 3 rings (SSSR count). The van der Waals surface area contributed by atoms with Gasteiger partial charge in [0.15, 0.2) is 0 Å². The first-order valence-corrected chi connectivity index (χ1v) is 8.30. The van der Waals surface area contributed by atoms with E-state index in [0.29, 0.717) is 5.02 Å². The lowest BCUT2D eigenvalue weighted by molar-refractivity contribution is -0.384. The number of halogens is 1. The smallest absolute Gasteiger partial charge is 0.270 e. The third-order valence-electron chi connectivity index (χ3n) is 4.30. The van der Waals surface area contributed by atoms with Gasteiger partial charge in [-0.05, 0) is 43.7 Å². The van der Waals surface area contributed by atoms with Gasteiger partial charge in [0.05, 0.1) is 9.95 Å². The van der Waals surface area contributed by atoms with Gasteiger partial charge >= 0.3 is 0 Å². The summed E-state index contributed by atoms with van der Waals surface area (Å²) in [6.45, 7) is 2.11. The molecular formula is C18H19ClN2O3. The van der Waals surface area contributed by atoms with Gasteiger partial charge in [-0.3, -0.25) is 10.1 Å². The van der Waals surface area contributed by atoms with Gasteiger partial charge in [-0.2, -0.15) is 0 Å². The first kappa shape index (κ1) is 16.7. The molecule has 0 N–H and O–H groups in total. The number of hydrogen-bond donors (Lipinski definition) is 0. The molecule has 0 atom stereocenters. The first-order chi connectivity index (χ1) is 11.5. The van der Waals surface area contributed by atoms with Gasteiger partial charge < -0.3 is 9.64 Å². The topological polar surface area (TPSA) is 55.6 Å². The van der Waals surface area contributed by atoms with E-state index in [1.54, 1.807) is 6.07 Å². The molecule has 2 aromatic carbocycles. The van der Waals surface area contributed by atoms with Crippen molar-refractivity contribution in [1.82, 2.24) is 4.90 Å². The van der Waals surface area contributed by atoms with Crippen LogP contribution in [0.3, 0.4) is 0 Å². The SMILES string of the molecule is CN1CCC(Oc2ccc(-c3ccc([N+](=O)[O-])cc3Cl)cc2)CC1. The maximum atomic E-state index is 10.8. The number of benzene rings is 2. The van der Waals surface area contributed by atoms with Crippen molar-refractivity contribution in [2.24, 2.45) is 0 Å². The summed E-state index contributed by atoms with van der Waals surface area (Å²) in [6.07, 6.45) is 2.33. The summed E-state index contributed by atoms with van der Waals surface area (Å²) < 4.78 is 6.03. The van der Waals surface area contributed by atoms with Crippen molar-refractivity contribution in [2.45, 2.75) is 18.9 Å². The van der Waals surface area contributed by atoms with Crippen molar-refractivity contribution in [3.8, 4) is 16.9 Å². The molecule has 1 aliphatic rings. The van der Waals surface area contributed by atoms with Gasteiger partial charge in [0.1, 0.15) is 11.9 Å². The Morgan fingerprint density at radius 3 is 2.42 bits per heavy atom. The maximum Gasteiger partial charge on any atom is 0.270 e. The molecule has 0 bridgehead atoms. The van der Waals surface area contributed by atoms with Crippen molar-refractivity contribution in [3.63, 3.8) is 0 Å². The molecule has 0 aromatic heterocycles. The highest BCUT2D eigenvalue weighted by atomic mass is 35.5. The van der Waals surface area contributed by atoms with Crippen LogP contribution in [0.4, 0.5) is 5.69 Å². The normalized spacial score (nSPS) is 16.1. The van der Waals surface area contributed by atoms with E-state index in [-0.39, 0.29) is 11.8 Å². The van der Waals surface area contributed by atoms with Crippen LogP contribution in [-0.4, -0.2) is 36.1 Å². The minimum atomic E-state index is -0.450. The summed E-state index contributed by atoms with van der Waals surface area (Å²) in [4.78, 5) is 12.6. The second kappa shape index (κ2) is 7.20. The summed E-state index contributed by atoms with van der Waals surface area (Å²) in [5.74, 6) is 0.839. The molecule has 0 spiro atoms. The number of piperidine rings is 1. The lowest BCUT2D eigenvalue weighted by Gasteiger charge is -2.29. The van der Waals surface area contributed by atoms with E-state index in [1.165, 1.54) is 12.1 Å². The minimum Gasteiger partial charge on any atom is -0.490 e. The molecule has 0 saturated carbocycles. The third kappa shape index (κ3) is 3.86. The average molecular weight is 347 g/mol. The molecule has 1 heterocycles. The lowest BCUT2D eigenvalue weighted by Crippen LogP contribution is -2.35. The Hall–Kier alpha value is -2.11. The molecule has 6 heteroatoms. The molecule has 0 unspecified atom stereocenters. The molecule has 24 heavy (non-hydrogen) atoms. The number of nitro groups is 1. The number of rotatable bonds is 4. The zero-order valence-electron chi connectivity index (χ0n) is 13.4. The summed E-state index contributed by atoms with van der Waals surface area (Å²) in [7, 11) is 2.12. The average Bonchev–Trinajstić information content (AvgIpc) is 2.58. The van der Waals surface area contributed by atoms with Gasteiger partial charge in [0.25, 0.3) is 5.69 Å². The summed E-state index contributed by atoms with van der Waals surface area (Å²) in [5.41, 5.74) is 1.67. The summed E-state index contributed by atoms with van der Waals surface area (Å²) in [6, 6.07) is 12.2. The van der Waals surface area contributed by atoms with Crippen LogP contribution in [0.2, 0.25) is 5.02 Å². The highest BCUT2D eigenvalue weighted by Crippen LogP contribution is 2.32. The highest BCUT2D eigenvalue weighted by molar-refractivity contribution is 6.33. The number of likely N-dealkylation sites (tertiary alicyclic amines) is 1. The quantitative estimate of drug-likeness (QED) is 0.608. The number of hydrogen-bond acceptors (Lipinski definition) is 4. The van der Waals surface area contributed by atoms with Crippen LogP contribution < -0.4 is 4.74 Å². The van der Waals surface area contributed by atoms with E-state index in [1.807, 2.05) is 24.3 Å². The van der Waals surface area contributed by atoms with Gasteiger partial charge in [-0.1, -0.05) is 23.7 Å². The van der Waals surface area contributed by atoms with Crippen LogP contribution in [0.1, 0.15) is 12.8 Å². The van der Waals surface area contributed by atoms with Crippen molar-refractivity contribution in [3.05, 3.63) is 57.6 Å². The molecule has 1 fully saturated rings. The maximum absolute atomic E-state index is 10.8. The van der Waals surface area contributed by atoms with Crippen LogP contribution in [0.5, 0.6) is 5.75 Å². The number of nitrogens with zero attached hydrogens (tertiary/aromatic N) is 2. The Balaban J connectivity index is 1.71. The highest BCUT2D eigenvalue weighted by Gasteiger charge is 2.18. The third-order valence-corrected chi connectivity index (χ3v) is 4.61. The van der Waals surface area contributed by atoms with Crippen LogP contribution in [-0.2, 0) is 0 Å². The van der Waals surface area contributed by atoms with E-state index in [2.05, 4.69) is 11.9 Å². The van der Waals surface area contributed by atoms with Crippen LogP contribution in [0.15, 0.2) is 42.5 Å². The predicted molar refractivity (Wildman–Crippen MR) is 94.7 cm³/mol. The molecule has 1 saturated heterocycles. The largest absolute Gasteiger partial charge is 0.490 e. The molecule has 2 aromatic rings. The Bertz CT molecular complexity index is 726. The lowest BCUT2D eigenvalue weighted by atomic mass is 10.0. The summed E-state index contributed by atoms with van der Waals surface area (Å²) in [5, 5.41) is 11.2. The van der Waals surface area contributed by atoms with Crippen LogP contribution >= 0.6 is 11.6 Å². The summed E-state index contributed by atoms with van der Waals surface area (Å²) >= 11 is 6.18. The zero-order chi connectivity index (χ0) is 17.1. The Morgan fingerprint density at radius 2 is 1.83 bits per heavy atom. The Labute approximate surface area is 146 Å². The van der Waals surface area contributed by atoms with E-state index in [0.717, 1.165) is 42.8 Å². The van der Waals surface area contributed by atoms with Gasteiger partial charge in [-0.15, -0.1) is 0 Å². The fraction of sp³-hybridized carbons (Fsp3) is 0.333. The van der Waals surface area contributed by atoms with Crippen LogP contribution in [0, 0.1) is 10.1 Å². The minimum absolute atomic E-state index is 0.00836. The fourth-order valence-electron chi connectivity index (χ4n) is 2.86. The zero-order valence-corrected chi connectivity index (χ0v) is 14.2. The molecule has 5 nitrogen and oxygen atoms in total. The number of nitro benzene ring substituents is 1. The Morgan fingerprint density at radius 1 is 1.17 bits per heavy atom. The molecule has 0 aliphatic carbocycles. The van der Waals surface area contributed by atoms with Crippen molar-refractivity contribution >= 4 is 17.3 Å². The molecule has 0 amide bonds. The van der Waals surface area contributed by atoms with E-state index in [4.69, 9.17) is 16.3 Å². The second-order valence-electron chi connectivity index (χ2n) is 6.07. The van der Waals surface area contributed by atoms with Gasteiger partial charge in [0, 0.05) is 30.8 Å². The van der Waals surface area contributed by atoms with Crippen molar-refractivity contribution in [2.75, 3.05) is 20.1 Å². The first-order valence-electron chi connectivity index (χ1n) is 7.92. The van der Waals surface area contributed by atoms with Crippen molar-refractivity contribution < 1.29 is 9.66 Å². The monoisotopic (exact) mass is 346 g/mol. The van der Waals surface area contributed by atoms with Crippen LogP contribution in [0.25, 0.3) is 11.1 Å². The van der Waals surface area contributed by atoms with Crippen molar-refractivity contribution in [1.29, 1.82) is 0 Å². The molecule has 126 valence electrons. The predicted octanol–water partition coefficient (Wildman–Crippen LogP) is 4.39. The number of ether oxygens (including phenoxy) is 1. The molecule has 1 aliphatic heterocycles. The fourth-order valence-corrected chi connectivity index (χ4v) is 3.14. The van der Waals surface area contributed by atoms with E-state index < -0.39 is 4.92 Å². The van der Waals surface area contributed by atoms with E-state index in [9.17, 15) is 10.1 Å².